The smallest absolute Gasteiger partial charge is 0.253 e. The fourth-order valence-electron chi connectivity index (χ4n) is 2.60. The molecule has 1 fully saturated rings. The van der Waals surface area contributed by atoms with Crippen LogP contribution in [0.4, 0.5) is 8.78 Å². The Balaban J connectivity index is 2.09. The highest BCUT2D eigenvalue weighted by molar-refractivity contribution is 5.94. The van der Waals surface area contributed by atoms with Crippen molar-refractivity contribution >= 4 is 5.91 Å². The van der Waals surface area contributed by atoms with E-state index in [0.717, 1.165) is 12.1 Å². The Hall–Kier alpha value is -1.53. The molecule has 1 aromatic carbocycles. The molecule has 1 aliphatic rings. The average molecular weight is 299 g/mol. The maximum Gasteiger partial charge on any atom is 0.253 e. The molecule has 1 N–H and O–H groups in total. The van der Waals surface area contributed by atoms with Crippen LogP contribution in [0.1, 0.15) is 23.2 Å². The van der Waals surface area contributed by atoms with E-state index in [4.69, 9.17) is 4.74 Å². The van der Waals surface area contributed by atoms with Crippen molar-refractivity contribution in [1.82, 2.24) is 4.90 Å². The highest BCUT2D eigenvalue weighted by Gasteiger charge is 2.34. The minimum Gasteiger partial charge on any atom is -0.396 e. The zero-order valence-corrected chi connectivity index (χ0v) is 11.9. The third-order valence-corrected chi connectivity index (χ3v) is 3.97. The number of carbonyl (C=O) groups excluding carboxylic acids is 1. The number of hydrogen-bond acceptors (Lipinski definition) is 3. The van der Waals surface area contributed by atoms with E-state index >= 15 is 0 Å². The Kier molecular flexibility index (Phi) is 4.90. The molecular formula is C15H19F2NO3. The molecule has 1 amide bonds. The number of aliphatic hydroxyl groups excluding tert-OH is 1. The summed E-state index contributed by atoms with van der Waals surface area (Å²) in [4.78, 5) is 13.7. The second-order valence-electron chi connectivity index (χ2n) is 5.56. The number of nitrogens with zero attached hydrogens (tertiary/aromatic N) is 1. The van der Waals surface area contributed by atoms with Gasteiger partial charge in [0.25, 0.3) is 5.91 Å². The van der Waals surface area contributed by atoms with E-state index in [-0.39, 0.29) is 17.6 Å². The predicted octanol–water partition coefficient (Wildman–Crippen LogP) is 1.83. The molecule has 0 atom stereocenters. The van der Waals surface area contributed by atoms with Gasteiger partial charge in [0, 0.05) is 37.8 Å². The molecule has 0 saturated carbocycles. The van der Waals surface area contributed by atoms with Crippen LogP contribution in [0, 0.1) is 17.0 Å². The van der Waals surface area contributed by atoms with Crippen LogP contribution in [-0.4, -0.2) is 49.3 Å². The van der Waals surface area contributed by atoms with Gasteiger partial charge in [0.2, 0.25) is 0 Å². The van der Waals surface area contributed by atoms with Crippen molar-refractivity contribution in [2.45, 2.75) is 12.8 Å². The van der Waals surface area contributed by atoms with E-state index in [1.807, 2.05) is 0 Å². The Morgan fingerprint density at radius 2 is 2.00 bits per heavy atom. The predicted molar refractivity (Wildman–Crippen MR) is 72.9 cm³/mol. The number of amides is 1. The normalized spacial score (nSPS) is 17.5. The first-order valence-electron chi connectivity index (χ1n) is 6.86. The van der Waals surface area contributed by atoms with Gasteiger partial charge in [-0.05, 0) is 31.0 Å². The number of carbonyl (C=O) groups is 1. The van der Waals surface area contributed by atoms with Crippen molar-refractivity contribution in [1.29, 1.82) is 0 Å². The molecule has 0 aromatic heterocycles. The standard InChI is InChI=1S/C15H19F2NO3/c1-18(9-15(10-19)4-6-21-7-5-15)14(20)11-2-3-12(16)13(17)8-11/h2-3,8,19H,4-7,9-10H2,1H3. The number of hydrogen-bond donors (Lipinski definition) is 1. The van der Waals surface area contributed by atoms with Gasteiger partial charge >= 0.3 is 0 Å². The topological polar surface area (TPSA) is 49.8 Å². The largest absolute Gasteiger partial charge is 0.396 e. The van der Waals surface area contributed by atoms with E-state index in [1.165, 1.54) is 11.0 Å². The molecule has 1 aromatic rings. The summed E-state index contributed by atoms with van der Waals surface area (Å²) in [5, 5.41) is 9.62. The van der Waals surface area contributed by atoms with Crippen LogP contribution in [0.2, 0.25) is 0 Å². The Morgan fingerprint density at radius 1 is 1.33 bits per heavy atom. The summed E-state index contributed by atoms with van der Waals surface area (Å²) in [6.07, 6.45) is 1.33. The molecule has 116 valence electrons. The Bertz CT molecular complexity index is 516. The lowest BCUT2D eigenvalue weighted by Gasteiger charge is -2.38. The third-order valence-electron chi connectivity index (χ3n) is 3.97. The fraction of sp³-hybridized carbons (Fsp3) is 0.533. The van der Waals surface area contributed by atoms with E-state index in [0.29, 0.717) is 32.6 Å². The summed E-state index contributed by atoms with van der Waals surface area (Å²) in [5.41, 5.74) is -0.294. The number of aliphatic hydroxyl groups is 1. The quantitative estimate of drug-likeness (QED) is 0.923. The van der Waals surface area contributed by atoms with Crippen molar-refractivity contribution in [3.63, 3.8) is 0 Å². The molecule has 4 nitrogen and oxygen atoms in total. The molecule has 0 bridgehead atoms. The molecule has 1 aliphatic heterocycles. The number of rotatable bonds is 4. The van der Waals surface area contributed by atoms with Gasteiger partial charge in [0.15, 0.2) is 11.6 Å². The van der Waals surface area contributed by atoms with Crippen molar-refractivity contribution in [3.05, 3.63) is 35.4 Å². The molecule has 6 heteroatoms. The highest BCUT2D eigenvalue weighted by atomic mass is 19.2. The van der Waals surface area contributed by atoms with Crippen LogP contribution in [0.3, 0.4) is 0 Å². The monoisotopic (exact) mass is 299 g/mol. The Labute approximate surface area is 122 Å². The van der Waals surface area contributed by atoms with Gasteiger partial charge in [0.1, 0.15) is 0 Å². The fourth-order valence-corrected chi connectivity index (χ4v) is 2.60. The maximum atomic E-state index is 13.2. The van der Waals surface area contributed by atoms with Gasteiger partial charge in [-0.15, -0.1) is 0 Å². The minimum atomic E-state index is -1.04. The number of benzene rings is 1. The van der Waals surface area contributed by atoms with E-state index < -0.39 is 17.5 Å². The van der Waals surface area contributed by atoms with Gasteiger partial charge in [-0.25, -0.2) is 8.78 Å². The van der Waals surface area contributed by atoms with E-state index in [2.05, 4.69) is 0 Å². The SMILES string of the molecule is CN(CC1(CO)CCOCC1)C(=O)c1ccc(F)c(F)c1. The summed E-state index contributed by atoms with van der Waals surface area (Å²) >= 11 is 0. The molecular weight excluding hydrogens is 280 g/mol. The van der Waals surface area contributed by atoms with Crippen LogP contribution in [-0.2, 0) is 4.74 Å². The molecule has 1 heterocycles. The molecule has 2 rings (SSSR count). The Morgan fingerprint density at radius 3 is 2.57 bits per heavy atom. The van der Waals surface area contributed by atoms with Crippen LogP contribution in [0.5, 0.6) is 0 Å². The average Bonchev–Trinajstić information content (AvgIpc) is 2.50. The summed E-state index contributed by atoms with van der Waals surface area (Å²) in [6.45, 7) is 1.41. The maximum absolute atomic E-state index is 13.2. The molecule has 1 saturated heterocycles. The lowest BCUT2D eigenvalue weighted by atomic mass is 9.80. The lowest BCUT2D eigenvalue weighted by molar-refractivity contribution is -0.0282. The summed E-state index contributed by atoms with van der Waals surface area (Å²) in [5.74, 6) is -2.42. The highest BCUT2D eigenvalue weighted by Crippen LogP contribution is 2.31. The second-order valence-corrected chi connectivity index (χ2v) is 5.56. The van der Waals surface area contributed by atoms with E-state index in [9.17, 15) is 18.7 Å². The van der Waals surface area contributed by atoms with Crippen LogP contribution < -0.4 is 0 Å². The van der Waals surface area contributed by atoms with Crippen molar-refractivity contribution in [2.24, 2.45) is 5.41 Å². The van der Waals surface area contributed by atoms with Crippen LogP contribution in [0.15, 0.2) is 18.2 Å². The molecule has 0 aliphatic carbocycles. The van der Waals surface area contributed by atoms with E-state index in [1.54, 1.807) is 7.05 Å². The first-order valence-corrected chi connectivity index (χ1v) is 6.86. The number of ether oxygens (including phenoxy) is 1. The number of halogens is 2. The van der Waals surface area contributed by atoms with Crippen molar-refractivity contribution in [3.8, 4) is 0 Å². The first-order chi connectivity index (χ1) is 9.97. The van der Waals surface area contributed by atoms with Gasteiger partial charge in [-0.3, -0.25) is 4.79 Å². The van der Waals surface area contributed by atoms with Crippen molar-refractivity contribution < 1.29 is 23.4 Å². The molecule has 0 radical (unpaired) electrons. The second kappa shape index (κ2) is 6.49. The minimum absolute atomic E-state index is 0.0360. The third kappa shape index (κ3) is 3.57. The molecule has 21 heavy (non-hydrogen) atoms. The summed E-state index contributed by atoms with van der Waals surface area (Å²) in [7, 11) is 1.59. The summed E-state index contributed by atoms with van der Waals surface area (Å²) < 4.78 is 31.4. The van der Waals surface area contributed by atoms with Crippen LogP contribution in [0.25, 0.3) is 0 Å². The van der Waals surface area contributed by atoms with Crippen molar-refractivity contribution in [2.75, 3.05) is 33.4 Å². The first kappa shape index (κ1) is 15.9. The molecule has 0 unspecified atom stereocenters. The molecule has 0 spiro atoms. The lowest BCUT2D eigenvalue weighted by Crippen LogP contribution is -2.44. The van der Waals surface area contributed by atoms with Gasteiger partial charge in [0.05, 0.1) is 6.61 Å². The van der Waals surface area contributed by atoms with Gasteiger partial charge < -0.3 is 14.7 Å². The van der Waals surface area contributed by atoms with Crippen LogP contribution >= 0.6 is 0 Å². The zero-order valence-electron chi connectivity index (χ0n) is 11.9. The van der Waals surface area contributed by atoms with Gasteiger partial charge in [-0.1, -0.05) is 0 Å². The summed E-state index contributed by atoms with van der Waals surface area (Å²) in [6, 6.07) is 3.09. The zero-order chi connectivity index (χ0) is 15.5. The van der Waals surface area contributed by atoms with Gasteiger partial charge in [-0.2, -0.15) is 0 Å².